The molecule has 0 fully saturated rings. The molecule has 0 aliphatic rings. The Kier molecular flexibility index (Phi) is 24.1. The van der Waals surface area contributed by atoms with Crippen molar-refractivity contribution in [1.82, 2.24) is 15.5 Å². The fraction of sp³-hybridized carbons (Fsp3) is 0.909. The first-order chi connectivity index (χ1) is 19.1. The van der Waals surface area contributed by atoms with Crippen molar-refractivity contribution in [3.05, 3.63) is 0 Å². The number of nitrogens with one attached hydrogen (secondary N) is 2. The van der Waals surface area contributed by atoms with Crippen LogP contribution in [-0.2, 0) is 14.4 Å². The second-order valence-electron chi connectivity index (χ2n) is 12.5. The van der Waals surface area contributed by atoms with Crippen molar-refractivity contribution in [1.29, 1.82) is 0 Å². The number of nitrogens with zero attached hydrogens (tertiary/aromatic N) is 1. The standard InChI is InChI=1S/C33H66N4O3/c1-7-8-9-10-11-12-13-14-15-16-17-18-19-22-30(38)37(25-20-23-35-32(39)29(6)27(2)3)26-21-24-36-33(40)31(34)28(4)5/h27-29,31H,7-26,34H2,1-6H3,(H,35,39)(H,36,40)/t29-,31-/m0/s1. The molecule has 0 aromatic carbocycles. The summed E-state index contributed by atoms with van der Waals surface area (Å²) in [6.07, 6.45) is 18.7. The van der Waals surface area contributed by atoms with Gasteiger partial charge in [-0.15, -0.1) is 0 Å². The zero-order chi connectivity index (χ0) is 30.2. The maximum atomic E-state index is 13.0. The largest absolute Gasteiger partial charge is 0.356 e. The van der Waals surface area contributed by atoms with Crippen LogP contribution in [0.15, 0.2) is 0 Å². The van der Waals surface area contributed by atoms with Gasteiger partial charge in [0, 0.05) is 38.5 Å². The Labute approximate surface area is 247 Å². The van der Waals surface area contributed by atoms with Crippen LogP contribution >= 0.6 is 0 Å². The molecule has 7 nitrogen and oxygen atoms in total. The van der Waals surface area contributed by atoms with E-state index < -0.39 is 6.04 Å². The molecule has 2 atom stereocenters. The van der Waals surface area contributed by atoms with Gasteiger partial charge in [0.2, 0.25) is 17.7 Å². The summed E-state index contributed by atoms with van der Waals surface area (Å²) in [4.78, 5) is 39.3. The van der Waals surface area contributed by atoms with Gasteiger partial charge in [-0.1, -0.05) is 119 Å². The molecule has 0 bridgehead atoms. The third-order valence-corrected chi connectivity index (χ3v) is 8.09. The lowest BCUT2D eigenvalue weighted by atomic mass is 9.97. The molecule has 0 saturated heterocycles. The zero-order valence-electron chi connectivity index (χ0n) is 27.2. The molecular weight excluding hydrogens is 500 g/mol. The number of rotatable bonds is 26. The first-order valence-corrected chi connectivity index (χ1v) is 16.7. The summed E-state index contributed by atoms with van der Waals surface area (Å²) in [6.45, 7) is 14.5. The maximum Gasteiger partial charge on any atom is 0.237 e. The summed E-state index contributed by atoms with van der Waals surface area (Å²) < 4.78 is 0. The minimum Gasteiger partial charge on any atom is -0.356 e. The van der Waals surface area contributed by atoms with Gasteiger partial charge in [-0.25, -0.2) is 0 Å². The normalized spacial score (nSPS) is 12.9. The van der Waals surface area contributed by atoms with E-state index in [2.05, 4.69) is 17.6 Å². The molecule has 0 unspecified atom stereocenters. The molecule has 236 valence electrons. The van der Waals surface area contributed by atoms with Crippen LogP contribution in [0.1, 0.15) is 144 Å². The van der Waals surface area contributed by atoms with Crippen molar-refractivity contribution in [3.8, 4) is 0 Å². The van der Waals surface area contributed by atoms with Gasteiger partial charge in [0.25, 0.3) is 0 Å². The van der Waals surface area contributed by atoms with E-state index in [0.717, 1.165) is 19.3 Å². The van der Waals surface area contributed by atoms with Crippen LogP contribution in [0.5, 0.6) is 0 Å². The Hall–Kier alpha value is -1.63. The topological polar surface area (TPSA) is 105 Å². The highest BCUT2D eigenvalue weighted by molar-refractivity contribution is 5.81. The van der Waals surface area contributed by atoms with E-state index in [1.165, 1.54) is 70.6 Å². The summed E-state index contributed by atoms with van der Waals surface area (Å²) in [7, 11) is 0. The molecule has 7 heteroatoms. The fourth-order valence-electron chi connectivity index (χ4n) is 4.66. The third kappa shape index (κ3) is 20.3. The number of amides is 3. The number of carbonyl (C=O) groups is 3. The van der Waals surface area contributed by atoms with Gasteiger partial charge in [-0.2, -0.15) is 0 Å². The van der Waals surface area contributed by atoms with Crippen LogP contribution in [-0.4, -0.2) is 54.8 Å². The summed E-state index contributed by atoms with van der Waals surface area (Å²) >= 11 is 0. The molecule has 0 saturated carbocycles. The van der Waals surface area contributed by atoms with Crippen molar-refractivity contribution in [2.75, 3.05) is 26.2 Å². The predicted octanol–water partition coefficient (Wildman–Crippen LogP) is 6.58. The van der Waals surface area contributed by atoms with Gasteiger partial charge in [0.15, 0.2) is 0 Å². The van der Waals surface area contributed by atoms with Gasteiger partial charge in [0.1, 0.15) is 0 Å². The molecular formula is C33H66N4O3. The van der Waals surface area contributed by atoms with Gasteiger partial charge in [0.05, 0.1) is 6.04 Å². The van der Waals surface area contributed by atoms with Gasteiger partial charge < -0.3 is 21.3 Å². The highest BCUT2D eigenvalue weighted by Gasteiger charge is 2.18. The van der Waals surface area contributed by atoms with E-state index in [0.29, 0.717) is 44.9 Å². The number of carbonyl (C=O) groups excluding carboxylic acids is 3. The molecule has 0 aromatic heterocycles. The lowest BCUT2D eigenvalue weighted by molar-refractivity contribution is -0.131. The Balaban J connectivity index is 4.33. The first-order valence-electron chi connectivity index (χ1n) is 16.7. The van der Waals surface area contributed by atoms with E-state index in [9.17, 15) is 14.4 Å². The molecule has 40 heavy (non-hydrogen) atoms. The maximum absolute atomic E-state index is 13.0. The average molecular weight is 567 g/mol. The van der Waals surface area contributed by atoms with E-state index in [1.54, 1.807) is 0 Å². The SMILES string of the molecule is CCCCCCCCCCCCCCCC(=O)N(CCCNC(=O)[C@@H](C)C(C)C)CCCNC(=O)[C@@H](N)C(C)C. The molecule has 0 heterocycles. The molecule has 3 amide bonds. The van der Waals surface area contributed by atoms with Crippen molar-refractivity contribution in [2.24, 2.45) is 23.5 Å². The summed E-state index contributed by atoms with van der Waals surface area (Å²) in [5, 5.41) is 5.91. The number of unbranched alkanes of at least 4 members (excludes halogenated alkanes) is 12. The van der Waals surface area contributed by atoms with Crippen molar-refractivity contribution in [3.63, 3.8) is 0 Å². The Morgan fingerprint density at radius 2 is 1.02 bits per heavy atom. The number of hydrogen-bond donors (Lipinski definition) is 3. The molecule has 0 rings (SSSR count). The van der Waals surface area contributed by atoms with Crippen molar-refractivity contribution in [2.45, 2.75) is 150 Å². The Bertz CT molecular complexity index is 620. The lowest BCUT2D eigenvalue weighted by Gasteiger charge is -2.24. The second-order valence-corrected chi connectivity index (χ2v) is 12.5. The number of hydrogen-bond acceptors (Lipinski definition) is 4. The first kappa shape index (κ1) is 38.4. The van der Waals surface area contributed by atoms with Crippen LogP contribution in [0.4, 0.5) is 0 Å². The molecule has 0 spiro atoms. The Morgan fingerprint density at radius 1 is 0.600 bits per heavy atom. The number of nitrogens with two attached hydrogens (primary N) is 1. The molecule has 4 N–H and O–H groups in total. The molecule has 0 radical (unpaired) electrons. The van der Waals surface area contributed by atoms with E-state index in [4.69, 9.17) is 5.73 Å². The average Bonchev–Trinajstić information content (AvgIpc) is 2.93. The molecule has 0 aliphatic carbocycles. The van der Waals surface area contributed by atoms with E-state index in [-0.39, 0.29) is 29.6 Å². The van der Waals surface area contributed by atoms with Crippen LogP contribution in [0.2, 0.25) is 0 Å². The second kappa shape index (κ2) is 25.1. The minimum absolute atomic E-state index is 0.0193. The Morgan fingerprint density at radius 3 is 1.45 bits per heavy atom. The predicted molar refractivity (Wildman–Crippen MR) is 169 cm³/mol. The smallest absolute Gasteiger partial charge is 0.237 e. The van der Waals surface area contributed by atoms with Gasteiger partial charge >= 0.3 is 0 Å². The van der Waals surface area contributed by atoms with E-state index >= 15 is 0 Å². The fourth-order valence-corrected chi connectivity index (χ4v) is 4.66. The van der Waals surface area contributed by atoms with Gasteiger partial charge in [-0.05, 0) is 31.1 Å². The highest BCUT2D eigenvalue weighted by Crippen LogP contribution is 2.14. The van der Waals surface area contributed by atoms with E-state index in [1.807, 2.05) is 39.5 Å². The minimum atomic E-state index is -0.509. The monoisotopic (exact) mass is 567 g/mol. The van der Waals surface area contributed by atoms with Crippen LogP contribution in [0.3, 0.4) is 0 Å². The van der Waals surface area contributed by atoms with Crippen LogP contribution < -0.4 is 16.4 Å². The van der Waals surface area contributed by atoms with Crippen molar-refractivity contribution >= 4 is 17.7 Å². The zero-order valence-corrected chi connectivity index (χ0v) is 27.2. The van der Waals surface area contributed by atoms with Crippen LogP contribution in [0.25, 0.3) is 0 Å². The summed E-state index contributed by atoms with van der Waals surface area (Å²) in [6, 6.07) is -0.509. The van der Waals surface area contributed by atoms with Crippen LogP contribution in [0, 0.1) is 17.8 Å². The summed E-state index contributed by atoms with van der Waals surface area (Å²) in [5.74, 6) is 0.486. The highest BCUT2D eigenvalue weighted by atomic mass is 16.2. The van der Waals surface area contributed by atoms with Gasteiger partial charge in [-0.3, -0.25) is 14.4 Å². The lowest BCUT2D eigenvalue weighted by Crippen LogP contribution is -2.44. The molecule has 0 aromatic rings. The summed E-state index contributed by atoms with van der Waals surface area (Å²) in [5.41, 5.74) is 5.92. The third-order valence-electron chi connectivity index (χ3n) is 8.09. The quantitative estimate of drug-likeness (QED) is 0.103. The van der Waals surface area contributed by atoms with Crippen molar-refractivity contribution < 1.29 is 14.4 Å². The molecule has 0 aliphatic heterocycles.